The fraction of sp³-hybridized carbons (Fsp3) is 0.308. The largest absolute Gasteiger partial charge is 0.352 e. The third kappa shape index (κ3) is 5.85. The number of aryl methyl sites for hydroxylation is 1. The predicted molar refractivity (Wildman–Crippen MR) is 125 cm³/mol. The van der Waals surface area contributed by atoms with Crippen LogP contribution < -0.4 is 15.5 Å². The van der Waals surface area contributed by atoms with E-state index in [1.54, 1.807) is 0 Å². The first-order valence-corrected chi connectivity index (χ1v) is 11.0. The van der Waals surface area contributed by atoms with E-state index in [1.807, 2.05) is 43.5 Å². The van der Waals surface area contributed by atoms with Crippen LogP contribution in [0.5, 0.6) is 0 Å². The predicted octanol–water partition coefficient (Wildman–Crippen LogP) is 4.46. The van der Waals surface area contributed by atoms with Crippen molar-refractivity contribution in [2.75, 3.05) is 11.4 Å². The SMILES string of the molecule is CC(CCc1ccccc1)NC(=O)NCc1ccc(N2CCc3ccccc3C2)nc1. The first-order valence-electron chi connectivity index (χ1n) is 11.0. The average Bonchev–Trinajstić information content (AvgIpc) is 2.82. The molecule has 1 aliphatic rings. The van der Waals surface area contributed by atoms with Gasteiger partial charge in [0, 0.05) is 31.9 Å². The maximum atomic E-state index is 12.2. The Morgan fingerprint density at radius 3 is 2.55 bits per heavy atom. The molecule has 3 aromatic rings. The van der Waals surface area contributed by atoms with Crippen molar-refractivity contribution in [3.63, 3.8) is 0 Å². The van der Waals surface area contributed by atoms with Crippen molar-refractivity contribution >= 4 is 11.8 Å². The number of nitrogens with one attached hydrogen (secondary N) is 2. The molecule has 5 nitrogen and oxygen atoms in total. The van der Waals surface area contributed by atoms with Crippen molar-refractivity contribution in [3.8, 4) is 0 Å². The number of amides is 2. The van der Waals surface area contributed by atoms with Crippen LogP contribution in [-0.4, -0.2) is 23.6 Å². The van der Waals surface area contributed by atoms with Gasteiger partial charge in [-0.3, -0.25) is 0 Å². The van der Waals surface area contributed by atoms with E-state index in [4.69, 9.17) is 0 Å². The van der Waals surface area contributed by atoms with E-state index in [0.29, 0.717) is 6.54 Å². The number of hydrogen-bond donors (Lipinski definition) is 2. The average molecular weight is 415 g/mol. The van der Waals surface area contributed by atoms with Gasteiger partial charge in [0.15, 0.2) is 0 Å². The number of rotatable bonds is 7. The van der Waals surface area contributed by atoms with Gasteiger partial charge in [-0.1, -0.05) is 60.7 Å². The summed E-state index contributed by atoms with van der Waals surface area (Å²) in [7, 11) is 0. The Morgan fingerprint density at radius 2 is 1.77 bits per heavy atom. The van der Waals surface area contributed by atoms with Gasteiger partial charge in [-0.2, -0.15) is 0 Å². The van der Waals surface area contributed by atoms with Crippen LogP contribution >= 0.6 is 0 Å². The van der Waals surface area contributed by atoms with Gasteiger partial charge in [0.2, 0.25) is 0 Å². The molecule has 1 atom stereocenters. The lowest BCUT2D eigenvalue weighted by Crippen LogP contribution is -2.40. The summed E-state index contributed by atoms with van der Waals surface area (Å²) >= 11 is 0. The van der Waals surface area contributed by atoms with Crippen molar-refractivity contribution in [1.29, 1.82) is 0 Å². The Labute approximate surface area is 184 Å². The van der Waals surface area contributed by atoms with Crippen molar-refractivity contribution < 1.29 is 4.79 Å². The second-order valence-corrected chi connectivity index (χ2v) is 8.22. The zero-order valence-corrected chi connectivity index (χ0v) is 18.1. The van der Waals surface area contributed by atoms with Crippen LogP contribution in [0.4, 0.5) is 10.6 Å². The molecular weight excluding hydrogens is 384 g/mol. The molecule has 4 rings (SSSR count). The summed E-state index contributed by atoms with van der Waals surface area (Å²) in [5.74, 6) is 0.984. The normalized spacial score (nSPS) is 13.9. The number of benzene rings is 2. The molecule has 0 saturated carbocycles. The molecular formula is C26H30N4O. The summed E-state index contributed by atoms with van der Waals surface area (Å²) < 4.78 is 0. The van der Waals surface area contributed by atoms with Crippen LogP contribution in [-0.2, 0) is 25.9 Å². The Balaban J connectivity index is 1.22. The Kier molecular flexibility index (Phi) is 6.82. The highest BCUT2D eigenvalue weighted by Gasteiger charge is 2.16. The number of fused-ring (bicyclic) bond motifs is 1. The molecule has 1 unspecified atom stereocenters. The molecule has 0 radical (unpaired) electrons. The third-order valence-corrected chi connectivity index (χ3v) is 5.80. The first-order chi connectivity index (χ1) is 15.2. The molecule has 5 heteroatoms. The summed E-state index contributed by atoms with van der Waals surface area (Å²) in [4.78, 5) is 19.2. The molecule has 0 aliphatic carbocycles. The topological polar surface area (TPSA) is 57.3 Å². The van der Waals surface area contributed by atoms with E-state index < -0.39 is 0 Å². The Bertz CT molecular complexity index is 988. The number of nitrogens with zero attached hydrogens (tertiary/aromatic N) is 2. The maximum Gasteiger partial charge on any atom is 0.315 e. The lowest BCUT2D eigenvalue weighted by Gasteiger charge is -2.29. The summed E-state index contributed by atoms with van der Waals surface area (Å²) in [6.45, 7) is 4.37. The molecule has 1 aromatic heterocycles. The van der Waals surface area contributed by atoms with Crippen molar-refractivity contribution in [3.05, 3.63) is 95.2 Å². The van der Waals surface area contributed by atoms with E-state index in [-0.39, 0.29) is 12.1 Å². The monoisotopic (exact) mass is 414 g/mol. The summed E-state index contributed by atoms with van der Waals surface area (Å²) in [5, 5.41) is 5.95. The van der Waals surface area contributed by atoms with Gasteiger partial charge in [-0.25, -0.2) is 9.78 Å². The second kappa shape index (κ2) is 10.1. The minimum Gasteiger partial charge on any atom is -0.352 e. The number of carbonyl (C=O) groups excluding carboxylic acids is 1. The smallest absolute Gasteiger partial charge is 0.315 e. The summed E-state index contributed by atoms with van der Waals surface area (Å²) in [6.07, 6.45) is 4.76. The molecule has 2 aromatic carbocycles. The van der Waals surface area contributed by atoms with Crippen LogP contribution in [0.25, 0.3) is 0 Å². The van der Waals surface area contributed by atoms with E-state index in [1.165, 1.54) is 16.7 Å². The zero-order chi connectivity index (χ0) is 21.5. The lowest BCUT2D eigenvalue weighted by molar-refractivity contribution is 0.237. The minimum absolute atomic E-state index is 0.114. The summed E-state index contributed by atoms with van der Waals surface area (Å²) in [6, 6.07) is 23.0. The number of aromatic nitrogens is 1. The van der Waals surface area contributed by atoms with Gasteiger partial charge >= 0.3 is 6.03 Å². The number of carbonyl (C=O) groups is 1. The molecule has 31 heavy (non-hydrogen) atoms. The van der Waals surface area contributed by atoms with Crippen molar-refractivity contribution in [1.82, 2.24) is 15.6 Å². The molecule has 2 N–H and O–H groups in total. The molecule has 0 spiro atoms. The zero-order valence-electron chi connectivity index (χ0n) is 18.1. The van der Waals surface area contributed by atoms with E-state index in [9.17, 15) is 4.79 Å². The Morgan fingerprint density at radius 1 is 1.00 bits per heavy atom. The first kappa shape index (κ1) is 20.9. The van der Waals surface area contributed by atoms with E-state index >= 15 is 0 Å². The van der Waals surface area contributed by atoms with Crippen LogP contribution in [0.2, 0.25) is 0 Å². The standard InChI is InChI=1S/C26H30N4O/c1-20(11-12-21-7-3-2-4-8-21)29-26(31)28-18-22-13-14-25(27-17-22)30-16-15-23-9-5-6-10-24(23)19-30/h2-10,13-14,17,20H,11-12,15-16,18-19H2,1H3,(H2,28,29,31). The highest BCUT2D eigenvalue weighted by Crippen LogP contribution is 2.22. The van der Waals surface area contributed by atoms with Crippen LogP contribution in [0, 0.1) is 0 Å². The molecule has 0 fully saturated rings. The molecule has 2 heterocycles. The van der Waals surface area contributed by atoms with Gasteiger partial charge in [-0.15, -0.1) is 0 Å². The van der Waals surface area contributed by atoms with Crippen molar-refractivity contribution in [2.24, 2.45) is 0 Å². The number of urea groups is 1. The van der Waals surface area contributed by atoms with E-state index in [0.717, 1.165) is 43.7 Å². The van der Waals surface area contributed by atoms with Crippen molar-refractivity contribution in [2.45, 2.75) is 45.3 Å². The Hall–Kier alpha value is -3.34. The fourth-order valence-corrected chi connectivity index (χ4v) is 3.96. The maximum absolute atomic E-state index is 12.2. The fourth-order valence-electron chi connectivity index (χ4n) is 3.96. The highest BCUT2D eigenvalue weighted by atomic mass is 16.2. The van der Waals surface area contributed by atoms with Gasteiger partial charge in [0.05, 0.1) is 0 Å². The lowest BCUT2D eigenvalue weighted by atomic mass is 10.00. The van der Waals surface area contributed by atoms with Gasteiger partial charge in [-0.05, 0) is 54.5 Å². The summed E-state index contributed by atoms with van der Waals surface area (Å²) in [5.41, 5.74) is 5.09. The van der Waals surface area contributed by atoms with Gasteiger partial charge < -0.3 is 15.5 Å². The second-order valence-electron chi connectivity index (χ2n) is 8.22. The van der Waals surface area contributed by atoms with Crippen LogP contribution in [0.15, 0.2) is 72.9 Å². The third-order valence-electron chi connectivity index (χ3n) is 5.80. The van der Waals surface area contributed by atoms with Crippen LogP contribution in [0.1, 0.15) is 35.6 Å². The van der Waals surface area contributed by atoms with E-state index in [2.05, 4.69) is 56.9 Å². The van der Waals surface area contributed by atoms with Crippen LogP contribution in [0.3, 0.4) is 0 Å². The molecule has 1 aliphatic heterocycles. The van der Waals surface area contributed by atoms with Gasteiger partial charge in [0.1, 0.15) is 5.82 Å². The number of hydrogen-bond acceptors (Lipinski definition) is 3. The molecule has 160 valence electrons. The molecule has 2 amide bonds. The molecule has 0 saturated heterocycles. The van der Waals surface area contributed by atoms with Gasteiger partial charge in [0.25, 0.3) is 0 Å². The highest BCUT2D eigenvalue weighted by molar-refractivity contribution is 5.74. The molecule has 0 bridgehead atoms. The minimum atomic E-state index is -0.141. The quantitative estimate of drug-likeness (QED) is 0.600. The number of pyridine rings is 1. The number of anilines is 1.